The Bertz CT molecular complexity index is 925. The average molecular weight is 334 g/mol. The number of hydrogen-bond acceptors (Lipinski definition) is 2. The van der Waals surface area contributed by atoms with Gasteiger partial charge in [0.1, 0.15) is 0 Å². The van der Waals surface area contributed by atoms with E-state index in [9.17, 15) is 9.59 Å². The molecule has 0 unspecified atom stereocenters. The predicted molar refractivity (Wildman–Crippen MR) is 90.4 cm³/mol. The predicted octanol–water partition coefficient (Wildman–Crippen LogP) is 4.92. The second-order valence-corrected chi connectivity index (χ2v) is 6.32. The van der Waals surface area contributed by atoms with Crippen molar-refractivity contribution in [2.45, 2.75) is 19.2 Å². The first kappa shape index (κ1) is 15.1. The third kappa shape index (κ3) is 2.31. The Labute approximate surface area is 137 Å². The minimum Gasteiger partial charge on any atom is -0.293 e. The van der Waals surface area contributed by atoms with Crippen molar-refractivity contribution in [1.82, 2.24) is 4.57 Å². The minimum atomic E-state index is -0.609. The highest BCUT2D eigenvalue weighted by Crippen LogP contribution is 2.32. The van der Waals surface area contributed by atoms with E-state index in [-0.39, 0.29) is 11.7 Å². The first-order chi connectivity index (χ1) is 10.4. The van der Waals surface area contributed by atoms with Crippen molar-refractivity contribution in [3.05, 3.63) is 47.0 Å². The third-order valence-corrected chi connectivity index (χ3v) is 4.12. The zero-order valence-electron chi connectivity index (χ0n) is 12.1. The molecule has 0 saturated carbocycles. The van der Waals surface area contributed by atoms with Gasteiger partial charge in [0.2, 0.25) is 5.91 Å². The number of hydrogen-bond donors (Lipinski definition) is 0. The number of nitrogens with zero attached hydrogens (tertiary/aromatic N) is 1. The Morgan fingerprint density at radius 1 is 1.05 bits per heavy atom. The van der Waals surface area contributed by atoms with Crippen LogP contribution in [0.2, 0.25) is 5.02 Å². The van der Waals surface area contributed by atoms with Crippen LogP contribution in [-0.4, -0.2) is 21.6 Å². The van der Waals surface area contributed by atoms with Gasteiger partial charge in [0.25, 0.3) is 0 Å². The SMILES string of the molecule is CC(=O)n1c2ccc(Cl)cc2c2ccc(C(=O)[C@@H](C)Cl)cc21. The molecule has 1 heterocycles. The van der Waals surface area contributed by atoms with E-state index in [0.717, 1.165) is 16.3 Å². The summed E-state index contributed by atoms with van der Waals surface area (Å²) in [5.41, 5.74) is 1.95. The van der Waals surface area contributed by atoms with Gasteiger partial charge in [0, 0.05) is 28.3 Å². The number of fused-ring (bicyclic) bond motifs is 3. The summed E-state index contributed by atoms with van der Waals surface area (Å²) in [6.07, 6.45) is 0. The van der Waals surface area contributed by atoms with E-state index in [1.807, 2.05) is 18.2 Å². The molecule has 1 atom stereocenters. The van der Waals surface area contributed by atoms with E-state index in [2.05, 4.69) is 0 Å². The number of benzene rings is 2. The number of carbonyl (C=O) groups is 2. The topological polar surface area (TPSA) is 39.1 Å². The standard InChI is InChI=1S/C17H13Cl2NO2/c1-9(18)17(22)11-3-5-13-14-8-12(19)4-6-15(14)20(10(2)21)16(13)7-11/h3-9H,1-2H3/t9-/m1/s1. The lowest BCUT2D eigenvalue weighted by Gasteiger charge is -2.05. The van der Waals surface area contributed by atoms with Gasteiger partial charge in [0.05, 0.1) is 16.4 Å². The summed E-state index contributed by atoms with van der Waals surface area (Å²) in [7, 11) is 0. The van der Waals surface area contributed by atoms with Crippen molar-refractivity contribution in [1.29, 1.82) is 0 Å². The average Bonchev–Trinajstić information content (AvgIpc) is 2.79. The highest BCUT2D eigenvalue weighted by molar-refractivity contribution is 6.34. The minimum absolute atomic E-state index is 0.120. The quantitative estimate of drug-likeness (QED) is 0.493. The van der Waals surface area contributed by atoms with Crippen LogP contribution >= 0.6 is 23.2 Å². The molecular weight excluding hydrogens is 321 g/mol. The van der Waals surface area contributed by atoms with Crippen LogP contribution in [0.5, 0.6) is 0 Å². The monoisotopic (exact) mass is 333 g/mol. The zero-order valence-corrected chi connectivity index (χ0v) is 13.6. The summed E-state index contributed by atoms with van der Waals surface area (Å²) >= 11 is 11.9. The van der Waals surface area contributed by atoms with Crippen LogP contribution in [0.4, 0.5) is 0 Å². The van der Waals surface area contributed by atoms with E-state index >= 15 is 0 Å². The summed E-state index contributed by atoms with van der Waals surface area (Å²) in [6, 6.07) is 10.7. The summed E-state index contributed by atoms with van der Waals surface area (Å²) in [5, 5.41) is 1.76. The Hall–Kier alpha value is -1.84. The van der Waals surface area contributed by atoms with Gasteiger partial charge in [-0.15, -0.1) is 11.6 Å². The van der Waals surface area contributed by atoms with Crippen molar-refractivity contribution in [3.63, 3.8) is 0 Å². The molecule has 22 heavy (non-hydrogen) atoms. The largest absolute Gasteiger partial charge is 0.293 e. The molecule has 0 radical (unpaired) electrons. The summed E-state index contributed by atoms with van der Waals surface area (Å²) < 4.78 is 1.59. The molecule has 1 aromatic heterocycles. The lowest BCUT2D eigenvalue weighted by molar-refractivity contribution is 0.0944. The van der Waals surface area contributed by atoms with Crippen molar-refractivity contribution in [3.8, 4) is 0 Å². The number of ketones is 1. The van der Waals surface area contributed by atoms with Gasteiger partial charge in [-0.1, -0.05) is 23.7 Å². The van der Waals surface area contributed by atoms with Gasteiger partial charge in [-0.2, -0.15) is 0 Å². The lowest BCUT2D eigenvalue weighted by atomic mass is 10.1. The van der Waals surface area contributed by atoms with Gasteiger partial charge in [0.15, 0.2) is 5.78 Å². The first-order valence-corrected chi connectivity index (χ1v) is 7.64. The normalized spacial score (nSPS) is 12.7. The van der Waals surface area contributed by atoms with Crippen LogP contribution in [0, 0.1) is 0 Å². The lowest BCUT2D eigenvalue weighted by Crippen LogP contribution is -2.11. The second-order valence-electron chi connectivity index (χ2n) is 5.23. The summed E-state index contributed by atoms with van der Waals surface area (Å²) in [5.74, 6) is -0.284. The molecule has 0 aliphatic carbocycles. The molecule has 0 aliphatic heterocycles. The number of carbonyl (C=O) groups excluding carboxylic acids is 2. The van der Waals surface area contributed by atoms with Crippen LogP contribution < -0.4 is 0 Å². The molecule has 0 aliphatic rings. The molecule has 2 aromatic carbocycles. The van der Waals surface area contributed by atoms with E-state index in [1.165, 1.54) is 6.92 Å². The molecule has 3 aromatic rings. The maximum absolute atomic E-state index is 12.1. The van der Waals surface area contributed by atoms with Crippen LogP contribution in [0.3, 0.4) is 0 Å². The fourth-order valence-electron chi connectivity index (χ4n) is 2.72. The van der Waals surface area contributed by atoms with Gasteiger partial charge >= 0.3 is 0 Å². The Kier molecular flexibility index (Phi) is 3.71. The smallest absolute Gasteiger partial charge is 0.228 e. The highest BCUT2D eigenvalue weighted by Gasteiger charge is 2.17. The van der Waals surface area contributed by atoms with E-state index < -0.39 is 5.38 Å². The molecule has 0 bridgehead atoms. The van der Waals surface area contributed by atoms with E-state index in [4.69, 9.17) is 23.2 Å². The highest BCUT2D eigenvalue weighted by atomic mass is 35.5. The summed E-state index contributed by atoms with van der Waals surface area (Å²) in [6.45, 7) is 3.13. The molecule has 112 valence electrons. The first-order valence-electron chi connectivity index (χ1n) is 6.83. The zero-order chi connectivity index (χ0) is 16.0. The molecular formula is C17H13Cl2NO2. The number of aromatic nitrogens is 1. The van der Waals surface area contributed by atoms with Gasteiger partial charge in [-0.3, -0.25) is 14.2 Å². The Balaban J connectivity index is 2.41. The van der Waals surface area contributed by atoms with Gasteiger partial charge < -0.3 is 0 Å². The summed E-state index contributed by atoms with van der Waals surface area (Å²) in [4.78, 5) is 24.1. The van der Waals surface area contributed by atoms with Gasteiger partial charge in [-0.05, 0) is 31.2 Å². The molecule has 3 nitrogen and oxygen atoms in total. The Morgan fingerprint density at radius 2 is 1.77 bits per heavy atom. The molecule has 0 saturated heterocycles. The number of rotatable bonds is 2. The van der Waals surface area contributed by atoms with Gasteiger partial charge in [-0.25, -0.2) is 0 Å². The van der Waals surface area contributed by atoms with Crippen LogP contribution in [-0.2, 0) is 0 Å². The van der Waals surface area contributed by atoms with Crippen molar-refractivity contribution >= 4 is 56.7 Å². The number of alkyl halides is 1. The van der Waals surface area contributed by atoms with Crippen molar-refractivity contribution < 1.29 is 9.59 Å². The molecule has 0 amide bonds. The van der Waals surface area contributed by atoms with Crippen LogP contribution in [0.15, 0.2) is 36.4 Å². The second kappa shape index (κ2) is 5.41. The fraction of sp³-hybridized carbons (Fsp3) is 0.176. The Morgan fingerprint density at radius 3 is 2.41 bits per heavy atom. The van der Waals surface area contributed by atoms with E-state index in [1.54, 1.807) is 29.7 Å². The third-order valence-electron chi connectivity index (χ3n) is 3.69. The van der Waals surface area contributed by atoms with Crippen LogP contribution in [0.1, 0.15) is 29.0 Å². The molecule has 0 spiro atoms. The van der Waals surface area contributed by atoms with E-state index in [0.29, 0.717) is 16.1 Å². The number of Topliss-reactive ketones (excluding diaryl/α,β-unsaturated/α-hetero) is 1. The van der Waals surface area contributed by atoms with Crippen molar-refractivity contribution in [2.24, 2.45) is 0 Å². The molecule has 0 fully saturated rings. The maximum atomic E-state index is 12.1. The fourth-order valence-corrected chi connectivity index (χ4v) is 3.01. The molecule has 5 heteroatoms. The number of halogens is 2. The van der Waals surface area contributed by atoms with Crippen LogP contribution in [0.25, 0.3) is 21.8 Å². The molecule has 3 rings (SSSR count). The van der Waals surface area contributed by atoms with Crippen molar-refractivity contribution in [2.75, 3.05) is 0 Å². The molecule has 0 N–H and O–H groups in total. The maximum Gasteiger partial charge on any atom is 0.228 e.